The number of nitrogens with zero attached hydrogens (tertiary/aromatic N) is 3. The first-order valence-electron chi connectivity index (χ1n) is 10.8. The van der Waals surface area contributed by atoms with Crippen molar-refractivity contribution >= 4 is 90.5 Å². The summed E-state index contributed by atoms with van der Waals surface area (Å²) in [5.74, 6) is -0.233. The Hall–Kier alpha value is -2.18. The molecule has 1 amide bonds. The second-order valence-corrected chi connectivity index (χ2v) is 10.7. The van der Waals surface area contributed by atoms with E-state index in [0.717, 1.165) is 16.9 Å². The molecule has 0 atom stereocenters. The average molecular weight is 633 g/mol. The lowest BCUT2D eigenvalue weighted by atomic mass is 10.1. The van der Waals surface area contributed by atoms with Crippen molar-refractivity contribution < 1.29 is 14.3 Å². The molecule has 0 spiro atoms. The van der Waals surface area contributed by atoms with Crippen LogP contribution in [0.15, 0.2) is 28.9 Å². The van der Waals surface area contributed by atoms with Gasteiger partial charge in [0.05, 0.1) is 38.6 Å². The molecule has 0 aliphatic rings. The van der Waals surface area contributed by atoms with Gasteiger partial charge in [0.1, 0.15) is 5.00 Å². The maximum atomic E-state index is 13.0. The molecule has 2 heterocycles. The number of ether oxygens (including phenoxy) is 1. The minimum absolute atomic E-state index is 0.150. The lowest BCUT2D eigenvalue weighted by molar-refractivity contribution is 0.0601. The second kappa shape index (κ2) is 12.4. The van der Waals surface area contributed by atoms with Gasteiger partial charge in [-0.15, -0.1) is 11.3 Å². The summed E-state index contributed by atoms with van der Waals surface area (Å²) in [5, 5.41) is 12.1. The predicted molar refractivity (Wildman–Crippen MR) is 153 cm³/mol. The number of methoxy groups -OCH3 is 1. The Morgan fingerprint density at radius 2 is 1.92 bits per heavy atom. The van der Waals surface area contributed by atoms with Crippen molar-refractivity contribution in [2.75, 3.05) is 30.8 Å². The maximum absolute atomic E-state index is 13.0. The summed E-state index contributed by atoms with van der Waals surface area (Å²) in [7, 11) is 1.29. The van der Waals surface area contributed by atoms with E-state index in [-0.39, 0.29) is 16.6 Å². The average Bonchev–Trinajstić information content (AvgIpc) is 3.34. The van der Waals surface area contributed by atoms with Gasteiger partial charge >= 0.3 is 5.97 Å². The van der Waals surface area contributed by atoms with Crippen LogP contribution in [-0.2, 0) is 11.3 Å². The number of halogens is 3. The number of rotatable bonds is 8. The summed E-state index contributed by atoms with van der Waals surface area (Å²) in [6, 6.07) is 5.38. The van der Waals surface area contributed by atoms with E-state index in [0.29, 0.717) is 55.4 Å². The zero-order valence-corrected chi connectivity index (χ0v) is 24.7. The standard InChI is InChI=1S/C23H24BrCl2N5O3S2/c1-5-30(6-2)21(32)18-12(3)17(22(33)34-4)20(36-18)28-23(35)27-19-14(24)11-31(29-19)10-13-7-8-15(25)16(26)9-13/h7-9,11H,5-6,10H2,1-4H3,(H2,27,28,29,35). The molecule has 2 aromatic heterocycles. The molecule has 0 unspecified atom stereocenters. The van der Waals surface area contributed by atoms with Gasteiger partial charge in [0.2, 0.25) is 0 Å². The van der Waals surface area contributed by atoms with Crippen LogP contribution in [0.4, 0.5) is 10.8 Å². The molecule has 0 aliphatic carbocycles. The van der Waals surface area contributed by atoms with Crippen molar-refractivity contribution in [1.82, 2.24) is 14.7 Å². The molecular weight excluding hydrogens is 609 g/mol. The highest BCUT2D eigenvalue weighted by Gasteiger charge is 2.27. The van der Waals surface area contributed by atoms with Gasteiger partial charge in [-0.1, -0.05) is 29.3 Å². The van der Waals surface area contributed by atoms with Gasteiger partial charge < -0.3 is 20.3 Å². The van der Waals surface area contributed by atoms with E-state index in [1.54, 1.807) is 34.8 Å². The highest BCUT2D eigenvalue weighted by atomic mass is 79.9. The van der Waals surface area contributed by atoms with Gasteiger partial charge in [0, 0.05) is 19.3 Å². The van der Waals surface area contributed by atoms with Crippen molar-refractivity contribution in [1.29, 1.82) is 0 Å². The zero-order chi connectivity index (χ0) is 26.6. The lowest BCUT2D eigenvalue weighted by Crippen LogP contribution is -2.30. The fourth-order valence-corrected chi connectivity index (χ4v) is 5.60. The summed E-state index contributed by atoms with van der Waals surface area (Å²) in [6.45, 7) is 7.11. The number of hydrogen-bond acceptors (Lipinski definition) is 6. The first kappa shape index (κ1) is 28.4. The van der Waals surface area contributed by atoms with Gasteiger partial charge in [-0.2, -0.15) is 5.10 Å². The molecule has 0 bridgehead atoms. The van der Waals surface area contributed by atoms with Crippen LogP contribution in [0.25, 0.3) is 0 Å². The van der Waals surface area contributed by atoms with Crippen molar-refractivity contribution in [2.24, 2.45) is 0 Å². The van der Waals surface area contributed by atoms with Crippen LogP contribution < -0.4 is 10.6 Å². The number of thiophene rings is 1. The van der Waals surface area contributed by atoms with Crippen molar-refractivity contribution in [3.8, 4) is 0 Å². The smallest absolute Gasteiger partial charge is 0.341 e. The summed E-state index contributed by atoms with van der Waals surface area (Å²) >= 11 is 22.2. The minimum Gasteiger partial charge on any atom is -0.465 e. The van der Waals surface area contributed by atoms with Crippen LogP contribution in [0.3, 0.4) is 0 Å². The van der Waals surface area contributed by atoms with Crippen LogP contribution in [0.5, 0.6) is 0 Å². The maximum Gasteiger partial charge on any atom is 0.341 e. The van der Waals surface area contributed by atoms with E-state index in [9.17, 15) is 9.59 Å². The SMILES string of the molecule is CCN(CC)C(=O)c1sc(NC(=S)Nc2nn(Cc3ccc(Cl)c(Cl)c3)cc2Br)c(C(=O)OC)c1C. The van der Waals surface area contributed by atoms with Crippen molar-refractivity contribution in [3.05, 3.63) is 60.5 Å². The van der Waals surface area contributed by atoms with Gasteiger partial charge in [0.15, 0.2) is 10.9 Å². The summed E-state index contributed by atoms with van der Waals surface area (Å²) < 4.78 is 7.35. The van der Waals surface area contributed by atoms with E-state index in [1.807, 2.05) is 19.9 Å². The third-order valence-corrected chi connectivity index (χ3v) is 8.00. The number of thiocarbonyl (C=S) groups is 1. The molecule has 3 aromatic rings. The lowest BCUT2D eigenvalue weighted by Gasteiger charge is -2.17. The molecule has 13 heteroatoms. The molecule has 3 rings (SSSR count). The molecule has 0 fully saturated rings. The summed E-state index contributed by atoms with van der Waals surface area (Å²) in [6.07, 6.45) is 1.80. The number of carbonyl (C=O) groups is 2. The number of anilines is 2. The topological polar surface area (TPSA) is 88.5 Å². The molecule has 0 saturated heterocycles. The minimum atomic E-state index is -0.556. The highest BCUT2D eigenvalue weighted by molar-refractivity contribution is 9.10. The number of nitrogens with one attached hydrogen (secondary N) is 2. The van der Waals surface area contributed by atoms with Gasteiger partial charge in [-0.3, -0.25) is 9.48 Å². The third kappa shape index (κ3) is 6.38. The molecule has 36 heavy (non-hydrogen) atoms. The number of amides is 1. The molecule has 192 valence electrons. The normalized spacial score (nSPS) is 10.8. The Balaban J connectivity index is 1.80. The van der Waals surface area contributed by atoms with E-state index < -0.39 is 5.97 Å². The number of esters is 1. The van der Waals surface area contributed by atoms with E-state index in [4.69, 9.17) is 40.2 Å². The number of aromatic nitrogens is 2. The van der Waals surface area contributed by atoms with E-state index in [1.165, 1.54) is 7.11 Å². The summed E-state index contributed by atoms with van der Waals surface area (Å²) in [5.41, 5.74) is 1.74. The Morgan fingerprint density at radius 3 is 2.53 bits per heavy atom. The molecule has 1 aromatic carbocycles. The quantitative estimate of drug-likeness (QED) is 0.218. The largest absolute Gasteiger partial charge is 0.465 e. The van der Waals surface area contributed by atoms with Crippen LogP contribution >= 0.6 is 62.7 Å². The third-order valence-electron chi connectivity index (χ3n) is 5.29. The van der Waals surface area contributed by atoms with E-state index in [2.05, 4.69) is 31.7 Å². The molecule has 8 nitrogen and oxygen atoms in total. The van der Waals surface area contributed by atoms with Gasteiger partial charge in [-0.05, 0) is 72.2 Å². The number of hydrogen-bond donors (Lipinski definition) is 2. The van der Waals surface area contributed by atoms with Crippen LogP contribution in [0, 0.1) is 6.92 Å². The number of carbonyl (C=O) groups excluding carboxylic acids is 2. The summed E-state index contributed by atoms with van der Waals surface area (Å²) in [4.78, 5) is 27.7. The Labute approximate surface area is 237 Å². The van der Waals surface area contributed by atoms with E-state index >= 15 is 0 Å². The Kier molecular flexibility index (Phi) is 9.76. The monoisotopic (exact) mass is 631 g/mol. The zero-order valence-electron chi connectivity index (χ0n) is 19.9. The van der Waals surface area contributed by atoms with Crippen LogP contribution in [-0.4, -0.2) is 51.9 Å². The number of benzene rings is 1. The highest BCUT2D eigenvalue weighted by Crippen LogP contribution is 2.35. The van der Waals surface area contributed by atoms with Crippen molar-refractivity contribution in [2.45, 2.75) is 27.3 Å². The predicted octanol–water partition coefficient (Wildman–Crippen LogP) is 6.45. The van der Waals surface area contributed by atoms with Crippen LogP contribution in [0.1, 0.15) is 45.0 Å². The molecule has 2 N–H and O–H groups in total. The molecule has 0 radical (unpaired) electrons. The first-order valence-corrected chi connectivity index (χ1v) is 13.6. The fraction of sp³-hybridized carbons (Fsp3) is 0.304. The fourth-order valence-electron chi connectivity index (χ4n) is 3.44. The van der Waals surface area contributed by atoms with Crippen molar-refractivity contribution in [3.63, 3.8) is 0 Å². The second-order valence-electron chi connectivity index (χ2n) is 7.58. The molecular formula is C23H24BrCl2N5O3S2. The Morgan fingerprint density at radius 1 is 1.22 bits per heavy atom. The van der Waals surface area contributed by atoms with Gasteiger partial charge in [0.25, 0.3) is 5.91 Å². The first-order chi connectivity index (χ1) is 17.1. The molecule has 0 aliphatic heterocycles. The van der Waals surface area contributed by atoms with Gasteiger partial charge in [-0.25, -0.2) is 4.79 Å². The Bertz CT molecular complexity index is 1310. The van der Waals surface area contributed by atoms with Crippen LogP contribution in [0.2, 0.25) is 10.0 Å². The molecule has 0 saturated carbocycles.